The number of nitrogens with zero attached hydrogens (tertiary/aromatic N) is 1. The highest BCUT2D eigenvalue weighted by atomic mass is 16.4. The second-order valence-electron chi connectivity index (χ2n) is 4.68. The Morgan fingerprint density at radius 2 is 1.80 bits per heavy atom. The molecular formula is C17H15NO2. The SMILES string of the molecule is CCn1c(C(=O)O)ccc1-c1cccc2ccccc12. The van der Waals surface area contributed by atoms with Gasteiger partial charge in [-0.15, -0.1) is 0 Å². The number of carboxylic acids is 1. The highest BCUT2D eigenvalue weighted by Crippen LogP contribution is 2.30. The van der Waals surface area contributed by atoms with Crippen molar-refractivity contribution in [3.8, 4) is 11.3 Å². The van der Waals surface area contributed by atoms with Gasteiger partial charge < -0.3 is 9.67 Å². The molecule has 0 fully saturated rings. The van der Waals surface area contributed by atoms with Gasteiger partial charge in [0, 0.05) is 17.8 Å². The molecule has 3 nitrogen and oxygen atoms in total. The normalized spacial score (nSPS) is 10.8. The summed E-state index contributed by atoms with van der Waals surface area (Å²) in [6, 6.07) is 17.8. The molecule has 0 aliphatic heterocycles. The summed E-state index contributed by atoms with van der Waals surface area (Å²) in [7, 11) is 0. The minimum Gasteiger partial charge on any atom is -0.477 e. The molecule has 2 aromatic carbocycles. The first-order valence-corrected chi connectivity index (χ1v) is 6.63. The van der Waals surface area contributed by atoms with Crippen molar-refractivity contribution in [2.24, 2.45) is 0 Å². The highest BCUT2D eigenvalue weighted by Gasteiger charge is 2.15. The van der Waals surface area contributed by atoms with Gasteiger partial charge in [0.25, 0.3) is 0 Å². The molecule has 0 spiro atoms. The molecule has 0 aliphatic carbocycles. The molecule has 3 aromatic rings. The summed E-state index contributed by atoms with van der Waals surface area (Å²) in [5.41, 5.74) is 2.34. The van der Waals surface area contributed by atoms with E-state index in [1.54, 1.807) is 6.07 Å². The van der Waals surface area contributed by atoms with E-state index in [1.165, 1.54) is 0 Å². The third-order valence-electron chi connectivity index (χ3n) is 3.58. The topological polar surface area (TPSA) is 42.2 Å². The number of rotatable bonds is 3. The summed E-state index contributed by atoms with van der Waals surface area (Å²) in [6.07, 6.45) is 0. The van der Waals surface area contributed by atoms with Crippen molar-refractivity contribution < 1.29 is 9.90 Å². The highest BCUT2D eigenvalue weighted by molar-refractivity contribution is 5.97. The predicted octanol–water partition coefficient (Wildman–Crippen LogP) is 4.03. The van der Waals surface area contributed by atoms with E-state index in [0.29, 0.717) is 12.2 Å². The Hall–Kier alpha value is -2.55. The lowest BCUT2D eigenvalue weighted by atomic mass is 10.0. The number of aromatic nitrogens is 1. The third-order valence-corrected chi connectivity index (χ3v) is 3.58. The van der Waals surface area contributed by atoms with Crippen molar-refractivity contribution in [3.63, 3.8) is 0 Å². The van der Waals surface area contributed by atoms with E-state index >= 15 is 0 Å². The monoisotopic (exact) mass is 265 g/mol. The van der Waals surface area contributed by atoms with Crippen LogP contribution in [0.5, 0.6) is 0 Å². The van der Waals surface area contributed by atoms with E-state index in [4.69, 9.17) is 0 Å². The maximum atomic E-state index is 11.3. The predicted molar refractivity (Wildman–Crippen MR) is 80.0 cm³/mol. The van der Waals surface area contributed by atoms with Gasteiger partial charge in [-0.3, -0.25) is 0 Å². The van der Waals surface area contributed by atoms with Crippen molar-refractivity contribution in [1.29, 1.82) is 0 Å². The van der Waals surface area contributed by atoms with Crippen LogP contribution in [0.15, 0.2) is 54.6 Å². The summed E-state index contributed by atoms with van der Waals surface area (Å²) < 4.78 is 1.84. The van der Waals surface area contributed by atoms with Crippen molar-refractivity contribution in [2.45, 2.75) is 13.5 Å². The van der Waals surface area contributed by atoms with Crippen molar-refractivity contribution in [2.75, 3.05) is 0 Å². The number of hydrogen-bond donors (Lipinski definition) is 1. The fraction of sp³-hybridized carbons (Fsp3) is 0.118. The molecule has 0 bridgehead atoms. The molecule has 0 unspecified atom stereocenters. The van der Waals surface area contributed by atoms with E-state index < -0.39 is 5.97 Å². The zero-order valence-corrected chi connectivity index (χ0v) is 11.2. The zero-order chi connectivity index (χ0) is 14.1. The van der Waals surface area contributed by atoms with Crippen LogP contribution in [0.1, 0.15) is 17.4 Å². The Balaban J connectivity index is 2.29. The second-order valence-corrected chi connectivity index (χ2v) is 4.68. The van der Waals surface area contributed by atoms with E-state index in [2.05, 4.69) is 18.2 Å². The Labute approximate surface area is 117 Å². The summed E-state index contributed by atoms with van der Waals surface area (Å²) >= 11 is 0. The quantitative estimate of drug-likeness (QED) is 0.777. The first kappa shape index (κ1) is 12.5. The van der Waals surface area contributed by atoms with Gasteiger partial charge in [-0.2, -0.15) is 0 Å². The Bertz CT molecular complexity index is 781. The number of carboxylic acid groups (broad SMARTS) is 1. The molecule has 0 atom stereocenters. The maximum absolute atomic E-state index is 11.3. The summed E-state index contributed by atoms with van der Waals surface area (Å²) in [5.74, 6) is -0.890. The average molecular weight is 265 g/mol. The molecule has 100 valence electrons. The van der Waals surface area contributed by atoms with Crippen LogP contribution >= 0.6 is 0 Å². The number of fused-ring (bicyclic) bond motifs is 1. The van der Waals surface area contributed by atoms with E-state index in [0.717, 1.165) is 22.0 Å². The Morgan fingerprint density at radius 1 is 1.05 bits per heavy atom. The van der Waals surface area contributed by atoms with Crippen LogP contribution in [0.25, 0.3) is 22.0 Å². The molecule has 0 aliphatic rings. The van der Waals surface area contributed by atoms with Crippen molar-refractivity contribution in [1.82, 2.24) is 4.57 Å². The lowest BCUT2D eigenvalue weighted by molar-refractivity contribution is 0.0685. The van der Waals surface area contributed by atoms with Crippen LogP contribution in [-0.2, 0) is 6.54 Å². The molecule has 0 saturated carbocycles. The molecule has 0 saturated heterocycles. The number of aromatic carboxylic acids is 1. The van der Waals surface area contributed by atoms with Gasteiger partial charge in [0.05, 0.1) is 0 Å². The molecule has 0 radical (unpaired) electrons. The minimum atomic E-state index is -0.890. The smallest absolute Gasteiger partial charge is 0.352 e. The third kappa shape index (κ3) is 1.88. The summed E-state index contributed by atoms with van der Waals surface area (Å²) in [5, 5.41) is 11.5. The van der Waals surface area contributed by atoms with Crippen LogP contribution in [0.2, 0.25) is 0 Å². The van der Waals surface area contributed by atoms with Gasteiger partial charge in [0.1, 0.15) is 5.69 Å². The number of hydrogen-bond acceptors (Lipinski definition) is 1. The van der Waals surface area contributed by atoms with Crippen LogP contribution < -0.4 is 0 Å². The summed E-state index contributed by atoms with van der Waals surface area (Å²) in [4.78, 5) is 11.3. The van der Waals surface area contributed by atoms with Gasteiger partial charge in [-0.1, -0.05) is 42.5 Å². The van der Waals surface area contributed by atoms with Gasteiger partial charge in [-0.05, 0) is 29.8 Å². The Morgan fingerprint density at radius 3 is 2.55 bits per heavy atom. The number of benzene rings is 2. The van der Waals surface area contributed by atoms with Gasteiger partial charge in [-0.25, -0.2) is 4.79 Å². The van der Waals surface area contributed by atoms with E-state index in [9.17, 15) is 9.90 Å². The molecule has 3 rings (SSSR count). The van der Waals surface area contributed by atoms with Crippen LogP contribution in [0.4, 0.5) is 0 Å². The fourth-order valence-electron chi connectivity index (χ4n) is 2.68. The molecule has 1 heterocycles. The zero-order valence-electron chi connectivity index (χ0n) is 11.2. The molecule has 0 amide bonds. The average Bonchev–Trinajstić information content (AvgIpc) is 2.90. The van der Waals surface area contributed by atoms with Gasteiger partial charge in [0.2, 0.25) is 0 Å². The van der Waals surface area contributed by atoms with Crippen molar-refractivity contribution in [3.05, 3.63) is 60.3 Å². The standard InChI is InChI=1S/C17H15NO2/c1-2-18-15(10-11-16(18)17(19)20)14-9-5-7-12-6-3-4-8-13(12)14/h3-11H,2H2,1H3,(H,19,20). The maximum Gasteiger partial charge on any atom is 0.352 e. The van der Waals surface area contributed by atoms with Crippen LogP contribution in [0, 0.1) is 0 Å². The van der Waals surface area contributed by atoms with Crippen molar-refractivity contribution >= 4 is 16.7 Å². The fourth-order valence-corrected chi connectivity index (χ4v) is 2.68. The minimum absolute atomic E-state index is 0.329. The lowest BCUT2D eigenvalue weighted by Gasteiger charge is -2.11. The van der Waals surface area contributed by atoms with Gasteiger partial charge in [0.15, 0.2) is 0 Å². The summed E-state index contributed by atoms with van der Waals surface area (Å²) in [6.45, 7) is 2.59. The first-order valence-electron chi connectivity index (χ1n) is 6.63. The van der Waals surface area contributed by atoms with Crippen LogP contribution in [-0.4, -0.2) is 15.6 Å². The van der Waals surface area contributed by atoms with E-state index in [-0.39, 0.29) is 0 Å². The number of carbonyl (C=O) groups is 1. The van der Waals surface area contributed by atoms with E-state index in [1.807, 2.05) is 41.8 Å². The largest absolute Gasteiger partial charge is 0.477 e. The van der Waals surface area contributed by atoms with Crippen LogP contribution in [0.3, 0.4) is 0 Å². The molecule has 1 aromatic heterocycles. The lowest BCUT2D eigenvalue weighted by Crippen LogP contribution is -2.08. The molecule has 1 N–H and O–H groups in total. The Kier molecular flexibility index (Phi) is 3.03. The van der Waals surface area contributed by atoms with Gasteiger partial charge >= 0.3 is 5.97 Å². The first-order chi connectivity index (χ1) is 9.72. The molecular weight excluding hydrogens is 250 g/mol. The molecule has 20 heavy (non-hydrogen) atoms. The molecule has 3 heteroatoms. The second kappa shape index (κ2) is 4.85.